The maximum Gasteiger partial charge on any atom is 0.262 e. The lowest BCUT2D eigenvalue weighted by Gasteiger charge is -2.57. The monoisotopic (exact) mass is 587 g/mol. The molecule has 4 saturated carbocycles. The van der Waals surface area contributed by atoms with E-state index < -0.39 is 42.0 Å². The molecule has 1 atom stereocenters. The molecular formula is C31H30FN5O4S. The van der Waals surface area contributed by atoms with Crippen molar-refractivity contribution in [2.75, 3.05) is 6.54 Å². The van der Waals surface area contributed by atoms with Gasteiger partial charge in [0, 0.05) is 23.0 Å². The summed E-state index contributed by atoms with van der Waals surface area (Å²) in [7, 11) is 0. The molecule has 4 bridgehead atoms. The van der Waals surface area contributed by atoms with Crippen LogP contribution in [0.15, 0.2) is 53.9 Å². The van der Waals surface area contributed by atoms with E-state index in [2.05, 4.69) is 14.9 Å². The molecule has 4 aliphatic carbocycles. The largest absolute Gasteiger partial charge is 0.348 e. The zero-order chi connectivity index (χ0) is 29.0. The molecule has 0 saturated heterocycles. The van der Waals surface area contributed by atoms with E-state index >= 15 is 0 Å². The number of carbonyl (C=O) groups is 4. The lowest BCUT2D eigenvalue weighted by molar-refractivity contribution is -0.144. The Labute approximate surface area is 246 Å². The van der Waals surface area contributed by atoms with Crippen molar-refractivity contribution < 1.29 is 23.6 Å². The van der Waals surface area contributed by atoms with E-state index in [0.717, 1.165) is 35.7 Å². The highest BCUT2D eigenvalue weighted by Crippen LogP contribution is 2.55. The third kappa shape index (κ3) is 4.69. The number of imide groups is 1. The van der Waals surface area contributed by atoms with Gasteiger partial charge in [-0.15, -0.1) is 5.10 Å². The van der Waals surface area contributed by atoms with Gasteiger partial charge < -0.3 is 10.2 Å². The summed E-state index contributed by atoms with van der Waals surface area (Å²) in [5, 5.41) is 9.11. The average Bonchev–Trinajstić information content (AvgIpc) is 3.56. The second kappa shape index (κ2) is 10.4. The summed E-state index contributed by atoms with van der Waals surface area (Å²) in [6.07, 6.45) is 6.32. The molecule has 2 heterocycles. The van der Waals surface area contributed by atoms with Crippen LogP contribution in [0.2, 0.25) is 0 Å². The molecule has 11 heteroatoms. The zero-order valence-electron chi connectivity index (χ0n) is 22.9. The Morgan fingerprint density at radius 2 is 1.57 bits per heavy atom. The number of rotatable bonds is 8. The Kier molecular flexibility index (Phi) is 6.64. The van der Waals surface area contributed by atoms with Gasteiger partial charge in [-0.25, -0.2) is 4.39 Å². The van der Waals surface area contributed by atoms with Gasteiger partial charge >= 0.3 is 0 Å². The molecule has 3 aromatic rings. The Hall–Kier alpha value is -3.99. The molecule has 2 aromatic carbocycles. The fourth-order valence-corrected chi connectivity index (χ4v) is 8.53. The molecule has 4 fully saturated rings. The number of carbonyl (C=O) groups excluding carboxylic acids is 4. The minimum absolute atomic E-state index is 0.198. The summed E-state index contributed by atoms with van der Waals surface area (Å²) in [5.74, 6) is -1.03. The van der Waals surface area contributed by atoms with Gasteiger partial charge in [0.1, 0.15) is 18.1 Å². The quantitative estimate of drug-likeness (QED) is 0.397. The van der Waals surface area contributed by atoms with Crippen LogP contribution in [0.3, 0.4) is 0 Å². The molecule has 1 N–H and O–H groups in total. The third-order valence-electron chi connectivity index (χ3n) is 9.43. The lowest BCUT2D eigenvalue weighted by Crippen LogP contribution is -2.61. The Morgan fingerprint density at radius 1 is 0.976 bits per heavy atom. The number of amides is 4. The van der Waals surface area contributed by atoms with Crippen molar-refractivity contribution in [2.45, 2.75) is 56.7 Å². The number of fused-ring (bicyclic) bond motifs is 1. The first kappa shape index (κ1) is 26.9. The minimum Gasteiger partial charge on any atom is -0.348 e. The first-order valence-corrected chi connectivity index (χ1v) is 15.2. The maximum absolute atomic E-state index is 14.9. The molecule has 4 amide bonds. The molecule has 42 heavy (non-hydrogen) atoms. The SMILES string of the molecule is O=C(NC12CC3CC(CC(C3)C1)C2)[C@@H](c1csnn1)N(Cc1ccccc1F)C(=O)CN1C(=O)c2ccccc2C1=O. The highest BCUT2D eigenvalue weighted by Gasteiger charge is 2.52. The van der Waals surface area contributed by atoms with Crippen LogP contribution >= 0.6 is 11.5 Å². The van der Waals surface area contributed by atoms with Crippen LogP contribution in [-0.4, -0.2) is 55.1 Å². The summed E-state index contributed by atoms with van der Waals surface area (Å²) >= 11 is 1.05. The van der Waals surface area contributed by atoms with Gasteiger partial charge in [0.05, 0.1) is 11.1 Å². The zero-order valence-corrected chi connectivity index (χ0v) is 23.7. The Morgan fingerprint density at radius 3 is 2.14 bits per heavy atom. The molecule has 9 nitrogen and oxygen atoms in total. The van der Waals surface area contributed by atoms with Crippen LogP contribution in [0, 0.1) is 23.6 Å². The first-order valence-electron chi connectivity index (χ1n) is 14.4. The average molecular weight is 588 g/mol. The second-order valence-corrected chi connectivity index (χ2v) is 12.9. The summed E-state index contributed by atoms with van der Waals surface area (Å²) < 4.78 is 18.9. The van der Waals surface area contributed by atoms with Crippen molar-refractivity contribution >= 4 is 35.2 Å². The number of benzene rings is 2. The number of hydrogen-bond acceptors (Lipinski definition) is 7. The molecular weight excluding hydrogens is 557 g/mol. The lowest BCUT2D eigenvalue weighted by atomic mass is 9.53. The normalized spacial score (nSPS) is 26.3. The van der Waals surface area contributed by atoms with Crippen LogP contribution < -0.4 is 5.32 Å². The maximum atomic E-state index is 14.9. The van der Waals surface area contributed by atoms with Crippen molar-refractivity contribution in [3.63, 3.8) is 0 Å². The third-order valence-corrected chi connectivity index (χ3v) is 9.96. The van der Waals surface area contributed by atoms with Gasteiger partial charge in [0.25, 0.3) is 11.8 Å². The van der Waals surface area contributed by atoms with Crippen molar-refractivity contribution in [3.05, 3.63) is 82.1 Å². The van der Waals surface area contributed by atoms with E-state index in [1.807, 2.05) is 0 Å². The van der Waals surface area contributed by atoms with E-state index in [9.17, 15) is 23.6 Å². The van der Waals surface area contributed by atoms with Crippen molar-refractivity contribution in [1.82, 2.24) is 24.7 Å². The summed E-state index contributed by atoms with van der Waals surface area (Å²) in [5.41, 5.74) is 0.549. The van der Waals surface area contributed by atoms with Gasteiger partial charge in [0.15, 0.2) is 6.04 Å². The predicted octanol–water partition coefficient (Wildman–Crippen LogP) is 4.13. The minimum atomic E-state index is -1.22. The number of nitrogens with one attached hydrogen (secondary N) is 1. The topological polar surface area (TPSA) is 113 Å². The molecule has 0 radical (unpaired) electrons. The van der Waals surface area contributed by atoms with Crippen LogP contribution in [0.5, 0.6) is 0 Å². The number of hydrogen-bond donors (Lipinski definition) is 1. The van der Waals surface area contributed by atoms with E-state index in [1.165, 1.54) is 30.2 Å². The van der Waals surface area contributed by atoms with Crippen molar-refractivity contribution in [2.24, 2.45) is 17.8 Å². The molecule has 0 spiro atoms. The highest BCUT2D eigenvalue weighted by atomic mass is 32.1. The van der Waals surface area contributed by atoms with E-state index in [1.54, 1.807) is 47.8 Å². The fraction of sp³-hybridized carbons (Fsp3) is 0.419. The van der Waals surface area contributed by atoms with Gasteiger partial charge in [0.2, 0.25) is 11.8 Å². The highest BCUT2D eigenvalue weighted by molar-refractivity contribution is 7.03. The van der Waals surface area contributed by atoms with Crippen molar-refractivity contribution in [3.8, 4) is 0 Å². The first-order chi connectivity index (χ1) is 20.3. The molecule has 216 valence electrons. The van der Waals surface area contributed by atoms with Crippen LogP contribution in [0.1, 0.15) is 76.5 Å². The van der Waals surface area contributed by atoms with E-state index in [0.29, 0.717) is 17.8 Å². The summed E-state index contributed by atoms with van der Waals surface area (Å²) in [4.78, 5) is 56.7. The summed E-state index contributed by atoms with van der Waals surface area (Å²) in [6.45, 7) is -0.856. The predicted molar refractivity (Wildman–Crippen MR) is 150 cm³/mol. The molecule has 1 aromatic heterocycles. The number of aromatic nitrogens is 2. The van der Waals surface area contributed by atoms with E-state index in [-0.39, 0.29) is 34.5 Å². The smallest absolute Gasteiger partial charge is 0.262 e. The fourth-order valence-electron chi connectivity index (χ4n) is 8.06. The molecule has 8 rings (SSSR count). The van der Waals surface area contributed by atoms with Gasteiger partial charge in [-0.1, -0.05) is 34.8 Å². The van der Waals surface area contributed by atoms with Crippen molar-refractivity contribution in [1.29, 1.82) is 0 Å². The molecule has 5 aliphatic rings. The Balaban J connectivity index is 1.22. The second-order valence-electron chi connectivity index (χ2n) is 12.3. The van der Waals surface area contributed by atoms with Gasteiger partial charge in [-0.3, -0.25) is 24.1 Å². The summed E-state index contributed by atoms with van der Waals surface area (Å²) in [6, 6.07) is 11.2. The Bertz CT molecular complexity index is 1510. The number of nitrogens with zero attached hydrogens (tertiary/aromatic N) is 4. The van der Waals surface area contributed by atoms with E-state index in [4.69, 9.17) is 0 Å². The van der Waals surface area contributed by atoms with Gasteiger partial charge in [-0.05, 0) is 86.0 Å². The van der Waals surface area contributed by atoms with Crippen LogP contribution in [0.4, 0.5) is 4.39 Å². The standard InChI is InChI=1S/C31H30FN5O4S/c32-24-8-4-1-5-21(24)15-36(26(38)16-37-29(40)22-6-2-3-7-23(22)30(37)41)27(25-17-42-35-34-25)28(39)33-31-12-18-9-19(13-31)11-20(10-18)14-31/h1-8,17-20,27H,9-16H2,(H,33,39)/t18?,19?,20?,27-,31?/m1/s1. The molecule has 0 unspecified atom stereocenters. The molecule has 1 aliphatic heterocycles. The van der Waals surface area contributed by atoms with Crippen LogP contribution in [-0.2, 0) is 16.1 Å². The van der Waals surface area contributed by atoms with Gasteiger partial charge in [-0.2, -0.15) is 0 Å². The number of halogens is 1. The van der Waals surface area contributed by atoms with Crippen LogP contribution in [0.25, 0.3) is 0 Å².